The molecular formula is C18H32O3Si4. The maximum absolute atomic E-state index is 6.73. The van der Waals surface area contributed by atoms with Gasteiger partial charge in [-0.1, -0.05) is 41.7 Å². The summed E-state index contributed by atoms with van der Waals surface area (Å²) in [5.74, 6) is 0. The van der Waals surface area contributed by atoms with Gasteiger partial charge in [0.25, 0.3) is 0 Å². The van der Waals surface area contributed by atoms with Gasteiger partial charge in [0.05, 0.1) is 0 Å². The standard InChI is InChI=1S/C18H32O3Si4/c1-10-22(4,5)19-24(8,9)21-25(12-3,20-23(6,7)11-2)18-16-14-13-15-17-18/h10-17H,1-3H2,4-9H3. The van der Waals surface area contributed by atoms with E-state index in [1.54, 1.807) is 0 Å². The molecule has 0 aromatic heterocycles. The van der Waals surface area contributed by atoms with E-state index in [9.17, 15) is 0 Å². The lowest BCUT2D eigenvalue weighted by Gasteiger charge is -2.41. The molecule has 0 aliphatic carbocycles. The Morgan fingerprint density at radius 3 is 1.60 bits per heavy atom. The number of hydrogen-bond acceptors (Lipinski definition) is 3. The van der Waals surface area contributed by atoms with Crippen LogP contribution in [0.4, 0.5) is 0 Å². The summed E-state index contributed by atoms with van der Waals surface area (Å²) < 4.78 is 19.8. The van der Waals surface area contributed by atoms with Gasteiger partial charge in [0, 0.05) is 0 Å². The molecule has 0 radical (unpaired) electrons. The van der Waals surface area contributed by atoms with Crippen LogP contribution in [0.5, 0.6) is 0 Å². The lowest BCUT2D eigenvalue weighted by molar-refractivity contribution is 0.344. The molecule has 0 heterocycles. The van der Waals surface area contributed by atoms with Gasteiger partial charge in [-0.05, 0) is 50.2 Å². The zero-order valence-electron chi connectivity index (χ0n) is 16.5. The molecule has 1 unspecified atom stereocenters. The maximum atomic E-state index is 6.73. The van der Waals surface area contributed by atoms with E-state index in [0.29, 0.717) is 0 Å². The molecular weight excluding hydrogens is 377 g/mol. The molecule has 1 rings (SSSR count). The molecule has 0 aliphatic rings. The van der Waals surface area contributed by atoms with Crippen molar-refractivity contribution in [2.75, 3.05) is 0 Å². The highest BCUT2D eigenvalue weighted by atomic mass is 28.5. The summed E-state index contributed by atoms with van der Waals surface area (Å²) in [4.78, 5) is 0. The highest BCUT2D eigenvalue weighted by Crippen LogP contribution is 2.25. The summed E-state index contributed by atoms with van der Waals surface area (Å²) in [6.45, 7) is 24.6. The van der Waals surface area contributed by atoms with Crippen LogP contribution >= 0.6 is 0 Å². The fourth-order valence-corrected chi connectivity index (χ4v) is 17.9. The molecule has 0 spiro atoms. The zero-order chi connectivity index (χ0) is 19.4. The first kappa shape index (κ1) is 22.2. The summed E-state index contributed by atoms with van der Waals surface area (Å²) >= 11 is 0. The third kappa shape index (κ3) is 6.45. The summed E-state index contributed by atoms with van der Waals surface area (Å²) in [5.41, 5.74) is 5.75. The van der Waals surface area contributed by atoms with Crippen molar-refractivity contribution in [3.05, 3.63) is 67.2 Å². The Hall–Kier alpha value is -0.812. The van der Waals surface area contributed by atoms with Crippen LogP contribution in [0.3, 0.4) is 0 Å². The second-order valence-electron chi connectivity index (χ2n) is 7.56. The van der Waals surface area contributed by atoms with Gasteiger partial charge in [0.15, 0.2) is 8.32 Å². The summed E-state index contributed by atoms with van der Waals surface area (Å²) in [6.07, 6.45) is 0. The monoisotopic (exact) mass is 408 g/mol. The third-order valence-electron chi connectivity index (χ3n) is 3.75. The predicted octanol–water partition coefficient (Wildman–Crippen LogP) is 4.67. The van der Waals surface area contributed by atoms with Crippen molar-refractivity contribution in [1.82, 2.24) is 0 Å². The molecule has 0 fully saturated rings. The van der Waals surface area contributed by atoms with Crippen LogP contribution in [-0.2, 0) is 12.3 Å². The molecule has 138 valence electrons. The quantitative estimate of drug-likeness (QED) is 0.526. The van der Waals surface area contributed by atoms with Gasteiger partial charge in [0.1, 0.15) is 0 Å². The molecule has 25 heavy (non-hydrogen) atoms. The first-order chi connectivity index (χ1) is 11.4. The zero-order valence-corrected chi connectivity index (χ0v) is 20.5. The van der Waals surface area contributed by atoms with Gasteiger partial charge < -0.3 is 12.3 Å². The van der Waals surface area contributed by atoms with E-state index in [-0.39, 0.29) is 0 Å². The van der Waals surface area contributed by atoms with Crippen LogP contribution in [0.2, 0.25) is 39.3 Å². The minimum Gasteiger partial charge on any atom is -0.433 e. The lowest BCUT2D eigenvalue weighted by Crippen LogP contribution is -2.64. The van der Waals surface area contributed by atoms with Gasteiger partial charge in [-0.2, -0.15) is 0 Å². The van der Waals surface area contributed by atoms with Gasteiger partial charge in [0.2, 0.25) is 8.32 Å². The van der Waals surface area contributed by atoms with Crippen LogP contribution in [0, 0.1) is 0 Å². The fourth-order valence-electron chi connectivity index (χ4n) is 2.50. The van der Waals surface area contributed by atoms with E-state index in [1.165, 1.54) is 0 Å². The Morgan fingerprint density at radius 2 is 1.16 bits per heavy atom. The predicted molar refractivity (Wildman–Crippen MR) is 118 cm³/mol. The Labute approximate surface area is 157 Å². The molecule has 7 heteroatoms. The second-order valence-corrected chi connectivity index (χ2v) is 22.4. The van der Waals surface area contributed by atoms with Crippen LogP contribution in [0.15, 0.2) is 67.2 Å². The number of hydrogen-bond donors (Lipinski definition) is 0. The summed E-state index contributed by atoms with van der Waals surface area (Å²) in [7, 11) is -9.40. The Kier molecular flexibility index (Phi) is 7.34. The van der Waals surface area contributed by atoms with Crippen LogP contribution in [0.25, 0.3) is 0 Å². The molecule has 0 N–H and O–H groups in total. The van der Waals surface area contributed by atoms with Gasteiger partial charge in [-0.3, -0.25) is 0 Å². The Morgan fingerprint density at radius 1 is 0.680 bits per heavy atom. The smallest absolute Gasteiger partial charge is 0.380 e. The first-order valence-electron chi connectivity index (χ1n) is 8.48. The highest BCUT2D eigenvalue weighted by molar-refractivity contribution is 6.99. The van der Waals surface area contributed by atoms with E-state index < -0.39 is 33.8 Å². The Bertz CT molecular complexity index is 614. The fraction of sp³-hybridized carbons (Fsp3) is 0.333. The largest absolute Gasteiger partial charge is 0.433 e. The number of benzene rings is 1. The summed E-state index contributed by atoms with van der Waals surface area (Å²) in [6, 6.07) is 10.1. The molecule has 3 nitrogen and oxygen atoms in total. The van der Waals surface area contributed by atoms with Crippen molar-refractivity contribution in [1.29, 1.82) is 0 Å². The molecule has 1 aromatic carbocycles. The van der Waals surface area contributed by atoms with E-state index in [1.807, 2.05) is 35.3 Å². The molecule has 0 amide bonds. The van der Waals surface area contributed by atoms with E-state index in [4.69, 9.17) is 12.3 Å². The molecule has 0 saturated carbocycles. The molecule has 1 aromatic rings. The topological polar surface area (TPSA) is 27.7 Å². The van der Waals surface area contributed by atoms with Gasteiger partial charge >= 0.3 is 17.1 Å². The third-order valence-corrected chi connectivity index (χ3v) is 18.0. The van der Waals surface area contributed by atoms with Crippen molar-refractivity contribution in [2.45, 2.75) is 39.3 Å². The van der Waals surface area contributed by atoms with Crippen molar-refractivity contribution in [2.24, 2.45) is 0 Å². The normalized spacial score (nSPS) is 15.3. The summed E-state index contributed by atoms with van der Waals surface area (Å²) in [5, 5.41) is 1.05. The second kappa shape index (κ2) is 8.25. The average Bonchev–Trinajstić information content (AvgIpc) is 2.53. The van der Waals surface area contributed by atoms with Crippen molar-refractivity contribution in [3.63, 3.8) is 0 Å². The first-order valence-corrected chi connectivity index (χ1v) is 19.2. The number of rotatable bonds is 10. The Balaban J connectivity index is 3.33. The highest BCUT2D eigenvalue weighted by Gasteiger charge is 2.48. The van der Waals surface area contributed by atoms with Crippen molar-refractivity contribution < 1.29 is 12.3 Å². The van der Waals surface area contributed by atoms with Crippen LogP contribution in [-0.4, -0.2) is 33.8 Å². The van der Waals surface area contributed by atoms with Gasteiger partial charge in [-0.15, -0.1) is 19.7 Å². The van der Waals surface area contributed by atoms with Gasteiger partial charge in [-0.25, -0.2) is 0 Å². The molecule has 0 aliphatic heterocycles. The average molecular weight is 409 g/mol. The molecule has 0 bridgehead atoms. The van der Waals surface area contributed by atoms with Crippen molar-refractivity contribution in [3.8, 4) is 0 Å². The minimum atomic E-state index is -2.87. The van der Waals surface area contributed by atoms with Crippen LogP contribution in [0.1, 0.15) is 0 Å². The van der Waals surface area contributed by atoms with E-state index in [2.05, 4.69) is 71.2 Å². The lowest BCUT2D eigenvalue weighted by atomic mass is 10.4. The van der Waals surface area contributed by atoms with Crippen LogP contribution < -0.4 is 5.19 Å². The molecule has 0 saturated heterocycles. The van der Waals surface area contributed by atoms with Crippen molar-refractivity contribution >= 4 is 38.9 Å². The minimum absolute atomic E-state index is 1.05. The SMILES string of the molecule is C=C[Si](C)(C)O[Si](C)(C)O[Si](C=C)(O[Si](C)(C)C=C)c1ccccc1. The molecule has 1 atom stereocenters. The van der Waals surface area contributed by atoms with E-state index >= 15 is 0 Å². The van der Waals surface area contributed by atoms with E-state index in [0.717, 1.165) is 5.19 Å². The maximum Gasteiger partial charge on any atom is 0.380 e.